The molecule has 35 heavy (non-hydrogen) atoms. The number of hydrogen-bond acceptors (Lipinski definition) is 8. The van der Waals surface area contributed by atoms with E-state index in [0.717, 1.165) is 17.4 Å². The van der Waals surface area contributed by atoms with Gasteiger partial charge in [0.25, 0.3) is 0 Å². The number of ketones is 1. The Bertz CT molecular complexity index is 1270. The second kappa shape index (κ2) is 10.4. The van der Waals surface area contributed by atoms with E-state index in [1.54, 1.807) is 12.1 Å². The third-order valence-corrected chi connectivity index (χ3v) is 6.65. The highest BCUT2D eigenvalue weighted by atomic mass is 32.1. The van der Waals surface area contributed by atoms with E-state index in [2.05, 4.69) is 22.2 Å². The van der Waals surface area contributed by atoms with Crippen LogP contribution in [0.4, 0.5) is 14.6 Å². The second-order valence-electron chi connectivity index (χ2n) is 7.75. The lowest BCUT2D eigenvalue weighted by atomic mass is 10.0. The number of amides is 1. The summed E-state index contributed by atoms with van der Waals surface area (Å²) in [5.41, 5.74) is -0.758. The Hall–Kier alpha value is -3.57. The number of hydrogen-bond donors (Lipinski definition) is 2. The van der Waals surface area contributed by atoms with Gasteiger partial charge in [-0.05, 0) is 30.7 Å². The highest BCUT2D eigenvalue weighted by Crippen LogP contribution is 2.35. The number of ether oxygens (including phenoxy) is 3. The van der Waals surface area contributed by atoms with Gasteiger partial charge in [-0.2, -0.15) is 0 Å². The van der Waals surface area contributed by atoms with Crippen molar-refractivity contribution in [1.82, 2.24) is 10.3 Å². The molecule has 1 saturated heterocycles. The van der Waals surface area contributed by atoms with Crippen LogP contribution in [-0.4, -0.2) is 56.2 Å². The van der Waals surface area contributed by atoms with Crippen LogP contribution in [-0.2, 0) is 9.53 Å². The molecule has 0 saturated carbocycles. The van der Waals surface area contributed by atoms with Gasteiger partial charge < -0.3 is 24.8 Å². The van der Waals surface area contributed by atoms with Crippen LogP contribution in [0, 0.1) is 11.6 Å². The van der Waals surface area contributed by atoms with Crippen LogP contribution < -0.4 is 20.1 Å². The summed E-state index contributed by atoms with van der Waals surface area (Å²) in [6.45, 7) is 4.36. The van der Waals surface area contributed by atoms with Gasteiger partial charge >= 0.3 is 0 Å². The zero-order chi connectivity index (χ0) is 25.1. The number of methoxy groups -OCH3 is 2. The lowest BCUT2D eigenvalue weighted by Crippen LogP contribution is -2.52. The number of fused-ring (bicyclic) bond motifs is 1. The predicted octanol–water partition coefficient (Wildman–Crippen LogP) is 3.69. The van der Waals surface area contributed by atoms with Gasteiger partial charge in [-0.1, -0.05) is 6.58 Å². The van der Waals surface area contributed by atoms with Crippen molar-refractivity contribution in [1.29, 1.82) is 0 Å². The Kier molecular flexibility index (Phi) is 7.27. The summed E-state index contributed by atoms with van der Waals surface area (Å²) < 4.78 is 45.0. The van der Waals surface area contributed by atoms with Crippen LogP contribution in [0.25, 0.3) is 10.2 Å². The van der Waals surface area contributed by atoms with Crippen molar-refractivity contribution in [2.24, 2.45) is 0 Å². The van der Waals surface area contributed by atoms with Crippen LogP contribution in [0.3, 0.4) is 0 Å². The third-order valence-electron chi connectivity index (χ3n) is 5.61. The first kappa shape index (κ1) is 24.6. The van der Waals surface area contributed by atoms with Crippen LogP contribution in [0.1, 0.15) is 21.7 Å². The number of thiophene rings is 1. The summed E-state index contributed by atoms with van der Waals surface area (Å²) in [6.07, 6.45) is 1.84. The highest BCUT2D eigenvalue weighted by molar-refractivity contribution is 7.20. The van der Waals surface area contributed by atoms with Gasteiger partial charge in [0.1, 0.15) is 16.2 Å². The monoisotopic (exact) mass is 503 g/mol. The number of aromatic nitrogens is 1. The quantitative estimate of drug-likeness (QED) is 0.357. The largest absolute Gasteiger partial charge is 0.494 e. The number of anilines is 1. The van der Waals surface area contributed by atoms with Gasteiger partial charge in [-0.3, -0.25) is 9.59 Å². The number of rotatable bonds is 8. The SMILES string of the molecule is C=CC(=O)NC1CCOCC1Nc1ccc2cc(C(=O)c3c(F)c(OC)cc(OC)c3F)sc2n1. The van der Waals surface area contributed by atoms with E-state index in [0.29, 0.717) is 35.7 Å². The molecule has 3 aromatic rings. The zero-order valence-corrected chi connectivity index (χ0v) is 19.8. The number of carbonyl (C=O) groups excluding carboxylic acids is 2. The molecule has 8 nitrogen and oxygen atoms in total. The summed E-state index contributed by atoms with van der Waals surface area (Å²) in [5, 5.41) is 6.77. The van der Waals surface area contributed by atoms with E-state index in [-0.39, 0.29) is 34.4 Å². The van der Waals surface area contributed by atoms with Gasteiger partial charge in [0, 0.05) is 18.1 Å². The maximum absolute atomic E-state index is 14.8. The van der Waals surface area contributed by atoms with E-state index >= 15 is 0 Å². The van der Waals surface area contributed by atoms with Gasteiger partial charge in [0.2, 0.25) is 11.7 Å². The Morgan fingerprint density at radius 3 is 2.54 bits per heavy atom. The lowest BCUT2D eigenvalue weighted by molar-refractivity contribution is -0.117. The molecule has 2 aromatic heterocycles. The smallest absolute Gasteiger partial charge is 0.243 e. The maximum Gasteiger partial charge on any atom is 0.243 e. The molecule has 0 spiro atoms. The first-order chi connectivity index (χ1) is 16.9. The van der Waals surface area contributed by atoms with E-state index in [4.69, 9.17) is 14.2 Å². The molecule has 0 bridgehead atoms. The van der Waals surface area contributed by atoms with E-state index in [9.17, 15) is 18.4 Å². The molecule has 0 aliphatic carbocycles. The summed E-state index contributed by atoms with van der Waals surface area (Å²) >= 11 is 1.01. The van der Waals surface area contributed by atoms with Crippen molar-refractivity contribution in [2.45, 2.75) is 18.5 Å². The fraction of sp³-hybridized carbons (Fsp3) is 0.292. The van der Waals surface area contributed by atoms with Crippen LogP contribution in [0.5, 0.6) is 11.5 Å². The molecular formula is C24H23F2N3O5S. The molecular weight excluding hydrogens is 480 g/mol. The fourth-order valence-electron chi connectivity index (χ4n) is 3.80. The Morgan fingerprint density at radius 2 is 1.89 bits per heavy atom. The molecule has 1 fully saturated rings. The van der Waals surface area contributed by atoms with E-state index in [1.807, 2.05) is 0 Å². The second-order valence-corrected chi connectivity index (χ2v) is 8.78. The zero-order valence-electron chi connectivity index (χ0n) is 19.0. The number of halogens is 2. The topological polar surface area (TPSA) is 98.8 Å². The molecule has 4 rings (SSSR count). The van der Waals surface area contributed by atoms with Crippen LogP contribution in [0.2, 0.25) is 0 Å². The lowest BCUT2D eigenvalue weighted by Gasteiger charge is -2.32. The van der Waals surface area contributed by atoms with E-state index in [1.165, 1.54) is 26.4 Å². The Balaban J connectivity index is 1.62. The van der Waals surface area contributed by atoms with Crippen molar-refractivity contribution in [3.8, 4) is 11.5 Å². The normalized spacial score (nSPS) is 17.6. The van der Waals surface area contributed by atoms with Gasteiger partial charge in [0.15, 0.2) is 23.1 Å². The minimum atomic E-state index is -1.10. The molecule has 0 radical (unpaired) electrons. The molecule has 2 unspecified atom stereocenters. The van der Waals surface area contributed by atoms with Gasteiger partial charge in [-0.25, -0.2) is 13.8 Å². The first-order valence-corrected chi connectivity index (χ1v) is 11.5. The third kappa shape index (κ3) is 4.96. The number of benzene rings is 1. The summed E-state index contributed by atoms with van der Waals surface area (Å²) in [4.78, 5) is 30.0. The fourth-order valence-corrected chi connectivity index (χ4v) is 4.78. The maximum atomic E-state index is 14.8. The molecule has 1 aliphatic heterocycles. The predicted molar refractivity (Wildman–Crippen MR) is 127 cm³/mol. The van der Waals surface area contributed by atoms with Crippen LogP contribution >= 0.6 is 11.3 Å². The van der Waals surface area contributed by atoms with Crippen molar-refractivity contribution >= 4 is 39.1 Å². The van der Waals surface area contributed by atoms with Crippen molar-refractivity contribution in [2.75, 3.05) is 32.8 Å². The molecule has 2 atom stereocenters. The molecule has 184 valence electrons. The molecule has 1 aliphatic rings. The molecule has 11 heteroatoms. The highest BCUT2D eigenvalue weighted by Gasteiger charge is 2.29. The van der Waals surface area contributed by atoms with Gasteiger partial charge in [-0.15, -0.1) is 11.3 Å². The standard InChI is InChI=1S/C24H23F2N3O5S/c1-4-19(30)28-13-7-8-34-11-14(13)27-18-6-5-12-9-17(35-24(12)29-18)23(31)20-21(25)15(32-2)10-16(33-3)22(20)26/h4-6,9-10,13-14H,1,7-8,11H2,2-3H3,(H,27,29)(H,28,30). The van der Waals surface area contributed by atoms with Crippen molar-refractivity contribution in [3.63, 3.8) is 0 Å². The average Bonchev–Trinajstić information content (AvgIpc) is 3.29. The number of carbonyl (C=O) groups is 2. The van der Waals surface area contributed by atoms with Crippen molar-refractivity contribution in [3.05, 3.63) is 59.0 Å². The minimum Gasteiger partial charge on any atom is -0.494 e. The minimum absolute atomic E-state index is 0.106. The van der Waals surface area contributed by atoms with E-state index < -0.39 is 23.0 Å². The Labute approximate surface area is 203 Å². The summed E-state index contributed by atoms with van der Waals surface area (Å²) in [5.74, 6) is -3.42. The molecule has 1 amide bonds. The first-order valence-electron chi connectivity index (χ1n) is 10.7. The average molecular weight is 504 g/mol. The molecule has 1 aromatic carbocycles. The number of nitrogens with zero attached hydrogens (tertiary/aromatic N) is 1. The molecule has 3 heterocycles. The summed E-state index contributed by atoms with van der Waals surface area (Å²) in [6, 6.07) is 5.64. The van der Waals surface area contributed by atoms with Crippen LogP contribution in [0.15, 0.2) is 36.9 Å². The van der Waals surface area contributed by atoms with Gasteiger partial charge in [0.05, 0.1) is 37.8 Å². The number of pyridine rings is 1. The number of nitrogens with one attached hydrogen (secondary N) is 2. The van der Waals surface area contributed by atoms with Crippen molar-refractivity contribution < 1.29 is 32.6 Å². The summed E-state index contributed by atoms with van der Waals surface area (Å²) in [7, 11) is 2.43. The molecule has 2 N–H and O–H groups in total. The Morgan fingerprint density at radius 1 is 1.17 bits per heavy atom.